The molecule has 1 N–H and O–H groups in total. The molecule has 8 nitrogen and oxygen atoms in total. The summed E-state index contributed by atoms with van der Waals surface area (Å²) >= 11 is 1.68. The summed E-state index contributed by atoms with van der Waals surface area (Å²) in [6, 6.07) is 6.02. The number of carbonyl (C=O) groups excluding carboxylic acids is 3. The van der Waals surface area contributed by atoms with Gasteiger partial charge in [0.05, 0.1) is 18.7 Å². The topological polar surface area (TPSA) is 96.4 Å². The van der Waals surface area contributed by atoms with Gasteiger partial charge in [0.1, 0.15) is 19.0 Å². The van der Waals surface area contributed by atoms with Gasteiger partial charge < -0.3 is 19.5 Å². The van der Waals surface area contributed by atoms with E-state index in [1.165, 1.54) is 12.1 Å². The third-order valence-corrected chi connectivity index (χ3v) is 7.52. The van der Waals surface area contributed by atoms with Crippen LogP contribution in [-0.4, -0.2) is 95.8 Å². The Kier molecular flexibility index (Phi) is 16.6. The number of aliphatic hydroxyl groups is 1. The predicted octanol–water partition coefficient (Wildman–Crippen LogP) is 4.00. The lowest BCUT2D eigenvalue weighted by Crippen LogP contribution is -2.34. The Balaban J connectivity index is 1.55. The van der Waals surface area contributed by atoms with Gasteiger partial charge in [-0.25, -0.2) is 4.39 Å². The Labute approximate surface area is 242 Å². The lowest BCUT2D eigenvalue weighted by atomic mass is 10.1. The third-order valence-electron chi connectivity index (χ3n) is 6.48. The largest absolute Gasteiger partial charge is 0.462 e. The number of aliphatic hydroxyl groups excluding tert-OH is 1. The quantitative estimate of drug-likeness (QED) is 0.141. The highest BCUT2D eigenvalue weighted by molar-refractivity contribution is 7.99. The molecule has 1 saturated heterocycles. The maximum absolute atomic E-state index is 13.1. The van der Waals surface area contributed by atoms with Crippen LogP contribution in [0.1, 0.15) is 57.9 Å². The first kappa shape index (κ1) is 33.8. The number of carbonyl (C=O) groups is 3. The summed E-state index contributed by atoms with van der Waals surface area (Å²) in [5.41, 5.74) is 0.846. The van der Waals surface area contributed by atoms with Gasteiger partial charge in [-0.3, -0.25) is 19.3 Å². The van der Waals surface area contributed by atoms with Crippen LogP contribution < -0.4 is 0 Å². The highest BCUT2D eigenvalue weighted by atomic mass is 32.2. The van der Waals surface area contributed by atoms with E-state index in [0.717, 1.165) is 49.4 Å². The first-order valence-electron chi connectivity index (χ1n) is 14.3. The van der Waals surface area contributed by atoms with Gasteiger partial charge in [0, 0.05) is 31.6 Å². The Hall–Kier alpha value is -2.43. The molecule has 0 spiro atoms. The van der Waals surface area contributed by atoms with Crippen molar-refractivity contribution in [1.82, 2.24) is 9.80 Å². The summed E-state index contributed by atoms with van der Waals surface area (Å²) in [5.74, 6) is 0.716. The van der Waals surface area contributed by atoms with Gasteiger partial charge in [-0.05, 0) is 62.2 Å². The second-order valence-electron chi connectivity index (χ2n) is 9.91. The average Bonchev–Trinajstić information content (AvgIpc) is 3.28. The SMILES string of the molecule is CCCN(CCC)CC(=O)OCCOC(=O)CCCSCCN1C(=O)CC[C@@H]1/C=C/[C@@H](O)Cc1ccc(F)cc1. The monoisotopic (exact) mass is 580 g/mol. The van der Waals surface area contributed by atoms with E-state index in [4.69, 9.17) is 9.47 Å². The number of ether oxygens (including phenoxy) is 2. The van der Waals surface area contributed by atoms with Crippen molar-refractivity contribution >= 4 is 29.6 Å². The van der Waals surface area contributed by atoms with Crippen LogP contribution in [-0.2, 0) is 30.3 Å². The molecule has 1 aliphatic heterocycles. The minimum atomic E-state index is -0.703. The van der Waals surface area contributed by atoms with Crippen LogP contribution in [0.15, 0.2) is 36.4 Å². The maximum Gasteiger partial charge on any atom is 0.320 e. The van der Waals surface area contributed by atoms with E-state index < -0.39 is 6.10 Å². The summed E-state index contributed by atoms with van der Waals surface area (Å²) in [6.07, 6.45) is 7.42. The van der Waals surface area contributed by atoms with Gasteiger partial charge in [0.15, 0.2) is 0 Å². The van der Waals surface area contributed by atoms with E-state index in [1.54, 1.807) is 30.0 Å². The van der Waals surface area contributed by atoms with Gasteiger partial charge >= 0.3 is 11.9 Å². The highest BCUT2D eigenvalue weighted by Crippen LogP contribution is 2.21. The van der Waals surface area contributed by atoms with Gasteiger partial charge in [-0.15, -0.1) is 0 Å². The number of esters is 2. The molecule has 1 aromatic carbocycles. The standard InChI is InChI=1S/C30H45FN2O6S/c1-3-15-32(16-4-2)23-30(37)39-19-18-38-29(36)6-5-20-40-21-17-33-26(12-14-28(33)35)11-13-27(34)22-24-7-9-25(31)10-8-24/h7-11,13,26-27,34H,3-6,12,14-23H2,1-2H3/b13-11+/t26-,27+/m0/s1. The number of hydrogen-bond acceptors (Lipinski definition) is 8. The van der Waals surface area contributed by atoms with Crippen molar-refractivity contribution in [2.24, 2.45) is 0 Å². The molecule has 0 bridgehead atoms. The lowest BCUT2D eigenvalue weighted by molar-refractivity contribution is -0.153. The molecule has 0 aliphatic carbocycles. The van der Waals surface area contributed by atoms with Crippen LogP contribution in [0.3, 0.4) is 0 Å². The molecule has 1 aromatic rings. The highest BCUT2D eigenvalue weighted by Gasteiger charge is 2.28. The van der Waals surface area contributed by atoms with Crippen LogP contribution in [0.4, 0.5) is 4.39 Å². The molecule has 0 radical (unpaired) electrons. The summed E-state index contributed by atoms with van der Waals surface area (Å²) in [6.45, 7) is 6.84. The van der Waals surface area contributed by atoms with Crippen LogP contribution in [0.2, 0.25) is 0 Å². The fraction of sp³-hybridized carbons (Fsp3) is 0.633. The molecule has 1 aliphatic rings. The van der Waals surface area contributed by atoms with E-state index in [2.05, 4.69) is 18.7 Å². The van der Waals surface area contributed by atoms with Gasteiger partial charge in [-0.2, -0.15) is 11.8 Å². The maximum atomic E-state index is 13.1. The number of halogens is 1. The molecule has 1 heterocycles. The molecule has 10 heteroatoms. The first-order valence-corrected chi connectivity index (χ1v) is 15.5. The van der Waals surface area contributed by atoms with Crippen LogP contribution in [0.25, 0.3) is 0 Å². The number of likely N-dealkylation sites (tertiary alicyclic amines) is 1. The van der Waals surface area contributed by atoms with E-state index >= 15 is 0 Å². The predicted molar refractivity (Wildman–Crippen MR) is 155 cm³/mol. The zero-order chi connectivity index (χ0) is 29.2. The molecular weight excluding hydrogens is 535 g/mol. The molecule has 1 fully saturated rings. The van der Waals surface area contributed by atoms with Gasteiger partial charge in [0.25, 0.3) is 0 Å². The average molecular weight is 581 g/mol. The van der Waals surface area contributed by atoms with Crippen molar-refractivity contribution in [3.8, 4) is 0 Å². The normalized spacial score (nSPS) is 16.2. The van der Waals surface area contributed by atoms with Crippen LogP contribution >= 0.6 is 11.8 Å². The third kappa shape index (κ3) is 13.8. The summed E-state index contributed by atoms with van der Waals surface area (Å²) in [4.78, 5) is 40.1. The molecule has 0 unspecified atom stereocenters. The van der Waals surface area contributed by atoms with E-state index in [1.807, 2.05) is 11.0 Å². The Bertz CT molecular complexity index is 923. The Morgan fingerprint density at radius 1 is 1.12 bits per heavy atom. The summed E-state index contributed by atoms with van der Waals surface area (Å²) in [5, 5.41) is 10.3. The fourth-order valence-electron chi connectivity index (χ4n) is 4.53. The lowest BCUT2D eigenvalue weighted by Gasteiger charge is -2.22. The minimum Gasteiger partial charge on any atom is -0.462 e. The fourth-order valence-corrected chi connectivity index (χ4v) is 5.41. The molecule has 224 valence electrons. The first-order chi connectivity index (χ1) is 19.3. The second kappa shape index (κ2) is 19.6. The zero-order valence-electron chi connectivity index (χ0n) is 23.9. The molecule has 1 amide bonds. The number of nitrogens with zero attached hydrogens (tertiary/aromatic N) is 2. The Morgan fingerprint density at radius 2 is 1.80 bits per heavy atom. The number of rotatable bonds is 20. The van der Waals surface area contributed by atoms with E-state index in [-0.39, 0.29) is 49.5 Å². The molecule has 40 heavy (non-hydrogen) atoms. The van der Waals surface area contributed by atoms with Crippen molar-refractivity contribution in [3.05, 3.63) is 47.8 Å². The summed E-state index contributed by atoms with van der Waals surface area (Å²) < 4.78 is 23.4. The van der Waals surface area contributed by atoms with Crippen molar-refractivity contribution in [2.45, 2.75) is 70.9 Å². The zero-order valence-corrected chi connectivity index (χ0v) is 24.7. The van der Waals surface area contributed by atoms with Gasteiger partial charge in [-0.1, -0.05) is 38.1 Å². The Morgan fingerprint density at radius 3 is 2.48 bits per heavy atom. The molecule has 0 aromatic heterocycles. The minimum absolute atomic E-state index is 0.0404. The second-order valence-corrected chi connectivity index (χ2v) is 11.1. The van der Waals surface area contributed by atoms with E-state index in [9.17, 15) is 23.9 Å². The van der Waals surface area contributed by atoms with Crippen LogP contribution in [0, 0.1) is 5.82 Å². The van der Waals surface area contributed by atoms with Crippen molar-refractivity contribution in [2.75, 3.05) is 50.9 Å². The smallest absolute Gasteiger partial charge is 0.320 e. The molecular formula is C30H45FN2O6S. The molecule has 2 rings (SSSR count). The number of benzene rings is 1. The number of amides is 1. The van der Waals surface area contributed by atoms with E-state index in [0.29, 0.717) is 32.2 Å². The van der Waals surface area contributed by atoms with Crippen molar-refractivity contribution in [3.63, 3.8) is 0 Å². The van der Waals surface area contributed by atoms with Crippen molar-refractivity contribution < 1.29 is 33.4 Å². The number of hydrogen-bond donors (Lipinski definition) is 1. The van der Waals surface area contributed by atoms with Gasteiger partial charge in [0.2, 0.25) is 5.91 Å². The number of thioether (sulfide) groups is 1. The summed E-state index contributed by atoms with van der Waals surface area (Å²) in [7, 11) is 0. The molecule has 0 saturated carbocycles. The molecule has 2 atom stereocenters. The van der Waals surface area contributed by atoms with Crippen LogP contribution in [0.5, 0.6) is 0 Å². The van der Waals surface area contributed by atoms with Crippen molar-refractivity contribution in [1.29, 1.82) is 0 Å².